The quantitative estimate of drug-likeness (QED) is 0.275. The third-order valence-electron chi connectivity index (χ3n) is 5.61. The van der Waals surface area contributed by atoms with Gasteiger partial charge in [0.05, 0.1) is 11.6 Å². The van der Waals surface area contributed by atoms with Crippen molar-refractivity contribution in [3.8, 4) is 0 Å². The molecule has 1 aromatic heterocycles. The Bertz CT molecular complexity index is 525. The molecule has 1 rings (SSSR count). The molecule has 0 aliphatic rings. The summed E-state index contributed by atoms with van der Waals surface area (Å²) in [5, 5.41) is 1.31. The number of unbranched alkanes of at least 4 members (excludes halogenated alkanes) is 5. The Kier molecular flexibility index (Phi) is 8.46. The van der Waals surface area contributed by atoms with Gasteiger partial charge in [0.15, 0.2) is 0 Å². The molecule has 0 aliphatic heterocycles. The van der Waals surface area contributed by atoms with Crippen LogP contribution in [0.2, 0.25) is 18.1 Å². The second-order valence-corrected chi connectivity index (χ2v) is 14.0. The molecule has 1 unspecified atom stereocenters. The summed E-state index contributed by atoms with van der Waals surface area (Å²) in [6, 6.07) is 2.14. The van der Waals surface area contributed by atoms with E-state index in [4.69, 9.17) is 9.15 Å². The molecule has 25 heavy (non-hydrogen) atoms. The van der Waals surface area contributed by atoms with Gasteiger partial charge in [-0.15, -0.1) is 0 Å². The van der Waals surface area contributed by atoms with E-state index in [-0.39, 0.29) is 17.1 Å². The number of furan rings is 1. The van der Waals surface area contributed by atoms with Gasteiger partial charge in [-0.3, -0.25) is 4.79 Å². The van der Waals surface area contributed by atoms with Crippen LogP contribution in [-0.4, -0.2) is 14.0 Å². The van der Waals surface area contributed by atoms with Crippen molar-refractivity contribution in [2.75, 3.05) is 0 Å². The number of esters is 1. The van der Waals surface area contributed by atoms with Crippen LogP contribution in [-0.2, 0) is 9.53 Å². The first-order valence-corrected chi connectivity index (χ1v) is 12.9. The molecule has 0 N–H and O–H groups in total. The first kappa shape index (κ1) is 22.0. The van der Waals surface area contributed by atoms with Crippen LogP contribution in [0.1, 0.15) is 91.2 Å². The molecular weight excluding hydrogens is 328 g/mol. The zero-order chi connectivity index (χ0) is 19.1. The first-order valence-electron chi connectivity index (χ1n) is 9.85. The highest BCUT2D eigenvalue weighted by Crippen LogP contribution is 2.36. The van der Waals surface area contributed by atoms with Crippen molar-refractivity contribution in [1.82, 2.24) is 0 Å². The number of carbonyl (C=O) groups excluding carboxylic acids is 1. The summed E-state index contributed by atoms with van der Waals surface area (Å²) in [5.74, 6) is -0.217. The lowest BCUT2D eigenvalue weighted by Gasteiger charge is -2.34. The van der Waals surface area contributed by atoms with E-state index in [1.54, 1.807) is 6.26 Å². The minimum Gasteiger partial charge on any atom is -0.474 e. The fourth-order valence-corrected chi connectivity index (χ4v) is 4.44. The largest absolute Gasteiger partial charge is 0.474 e. The highest BCUT2D eigenvalue weighted by atomic mass is 28.3. The summed E-state index contributed by atoms with van der Waals surface area (Å²) in [7, 11) is -1.71. The molecular formula is C21H38O3Si. The second-order valence-electron chi connectivity index (χ2n) is 8.77. The van der Waals surface area contributed by atoms with Crippen LogP contribution in [0, 0.1) is 0 Å². The Morgan fingerprint density at radius 3 is 2.32 bits per heavy atom. The topological polar surface area (TPSA) is 39.4 Å². The smallest absolute Gasteiger partial charge is 0.303 e. The molecule has 1 heterocycles. The van der Waals surface area contributed by atoms with Gasteiger partial charge in [0, 0.05) is 12.5 Å². The molecule has 3 nitrogen and oxygen atoms in total. The van der Waals surface area contributed by atoms with Gasteiger partial charge in [0.1, 0.15) is 14.2 Å². The van der Waals surface area contributed by atoms with Crippen molar-refractivity contribution in [2.45, 2.75) is 104 Å². The molecule has 0 aromatic carbocycles. The van der Waals surface area contributed by atoms with Crippen LogP contribution in [0.25, 0.3) is 0 Å². The maximum atomic E-state index is 11.5. The maximum absolute atomic E-state index is 11.5. The predicted molar refractivity (Wildman–Crippen MR) is 108 cm³/mol. The van der Waals surface area contributed by atoms with E-state index < -0.39 is 8.07 Å². The average molecular weight is 367 g/mol. The van der Waals surface area contributed by atoms with Gasteiger partial charge in [-0.2, -0.15) is 0 Å². The maximum Gasteiger partial charge on any atom is 0.303 e. The van der Waals surface area contributed by atoms with Crippen LogP contribution >= 0.6 is 0 Å². The first-order chi connectivity index (χ1) is 11.6. The van der Waals surface area contributed by atoms with Gasteiger partial charge in [-0.1, -0.05) is 72.9 Å². The standard InChI is InChI=1S/C21H38O3Si/c1-8-9-10-11-12-13-14-19(24-17(2)22)18-15-20(23-16-18)25(6,7)21(3,4)5/h15-16,19H,8-14H2,1-7H3. The van der Waals surface area contributed by atoms with E-state index in [0.717, 1.165) is 23.8 Å². The van der Waals surface area contributed by atoms with E-state index in [1.807, 2.05) is 0 Å². The Balaban J connectivity index is 2.75. The normalized spacial score (nSPS) is 13.7. The van der Waals surface area contributed by atoms with Gasteiger partial charge in [-0.25, -0.2) is 0 Å². The zero-order valence-electron chi connectivity index (χ0n) is 17.4. The molecule has 0 saturated carbocycles. The van der Waals surface area contributed by atoms with Crippen LogP contribution in [0.15, 0.2) is 16.7 Å². The minimum absolute atomic E-state index is 0.175. The molecule has 4 heteroatoms. The molecule has 144 valence electrons. The highest BCUT2D eigenvalue weighted by molar-refractivity contribution is 6.91. The molecule has 0 bridgehead atoms. The van der Waals surface area contributed by atoms with E-state index in [9.17, 15) is 4.79 Å². The summed E-state index contributed by atoms with van der Waals surface area (Å²) < 4.78 is 11.5. The Labute approximate surface area is 155 Å². The molecule has 0 spiro atoms. The van der Waals surface area contributed by atoms with Crippen LogP contribution in [0.3, 0.4) is 0 Å². The van der Waals surface area contributed by atoms with Crippen molar-refractivity contribution in [1.29, 1.82) is 0 Å². The molecule has 1 atom stereocenters. The third-order valence-corrected chi connectivity index (χ3v) is 10.9. The molecule has 0 amide bonds. The fourth-order valence-electron chi connectivity index (χ4n) is 2.82. The van der Waals surface area contributed by atoms with Crippen molar-refractivity contribution in [2.24, 2.45) is 0 Å². The fraction of sp³-hybridized carbons (Fsp3) is 0.762. The van der Waals surface area contributed by atoms with Gasteiger partial charge in [0.25, 0.3) is 0 Å². The lowest BCUT2D eigenvalue weighted by molar-refractivity contribution is -0.147. The summed E-state index contributed by atoms with van der Waals surface area (Å²) in [6.45, 7) is 15.2. The van der Waals surface area contributed by atoms with E-state index in [1.165, 1.54) is 39.0 Å². The molecule has 0 aliphatic carbocycles. The van der Waals surface area contributed by atoms with Gasteiger partial charge >= 0.3 is 5.97 Å². The predicted octanol–water partition coefficient (Wildman–Crippen LogP) is 6.35. The lowest BCUT2D eigenvalue weighted by Crippen LogP contribution is -2.48. The number of rotatable bonds is 10. The molecule has 0 radical (unpaired) electrons. The zero-order valence-corrected chi connectivity index (χ0v) is 18.4. The molecule has 1 aromatic rings. The number of carbonyl (C=O) groups is 1. The minimum atomic E-state index is -1.71. The van der Waals surface area contributed by atoms with Crippen molar-refractivity contribution >= 4 is 19.4 Å². The van der Waals surface area contributed by atoms with Crippen molar-refractivity contribution in [3.05, 3.63) is 17.9 Å². The summed E-state index contributed by atoms with van der Waals surface area (Å²) in [4.78, 5) is 11.5. The average Bonchev–Trinajstić information content (AvgIpc) is 2.98. The second kappa shape index (κ2) is 9.61. The number of hydrogen-bond acceptors (Lipinski definition) is 3. The molecule has 0 fully saturated rings. The van der Waals surface area contributed by atoms with Crippen molar-refractivity contribution in [3.63, 3.8) is 0 Å². The summed E-state index contributed by atoms with van der Waals surface area (Å²) in [6.07, 6.45) is 9.94. The highest BCUT2D eigenvalue weighted by Gasteiger charge is 2.40. The van der Waals surface area contributed by atoms with Gasteiger partial charge < -0.3 is 9.15 Å². The van der Waals surface area contributed by atoms with E-state index >= 15 is 0 Å². The third kappa shape index (κ3) is 6.65. The summed E-state index contributed by atoms with van der Waals surface area (Å²) >= 11 is 0. The SMILES string of the molecule is CCCCCCCCC(OC(C)=O)c1coc([Si](C)(C)C(C)(C)C)c1. The van der Waals surface area contributed by atoms with E-state index in [2.05, 4.69) is 46.9 Å². The van der Waals surface area contributed by atoms with Crippen LogP contribution < -0.4 is 5.38 Å². The van der Waals surface area contributed by atoms with Crippen LogP contribution in [0.5, 0.6) is 0 Å². The Morgan fingerprint density at radius 1 is 1.16 bits per heavy atom. The lowest BCUT2D eigenvalue weighted by atomic mass is 10.0. The monoisotopic (exact) mass is 366 g/mol. The van der Waals surface area contributed by atoms with Gasteiger partial charge in [-0.05, 0) is 23.9 Å². The molecule has 0 saturated heterocycles. The Hall–Kier alpha value is -1.03. The summed E-state index contributed by atoms with van der Waals surface area (Å²) in [5.41, 5.74) is 1.02. The van der Waals surface area contributed by atoms with Crippen LogP contribution in [0.4, 0.5) is 0 Å². The Morgan fingerprint density at radius 2 is 1.76 bits per heavy atom. The van der Waals surface area contributed by atoms with Crippen molar-refractivity contribution < 1.29 is 13.9 Å². The van der Waals surface area contributed by atoms with E-state index in [0.29, 0.717) is 0 Å². The van der Waals surface area contributed by atoms with Gasteiger partial charge in [0.2, 0.25) is 0 Å². The number of ether oxygens (including phenoxy) is 1. The number of hydrogen-bond donors (Lipinski definition) is 0.